The molecule has 0 saturated heterocycles. The van der Waals surface area contributed by atoms with Crippen LogP contribution in [-0.2, 0) is 4.79 Å². The number of nitrogens with one attached hydrogen (secondary N) is 1. The molecule has 0 radical (unpaired) electrons. The Kier molecular flexibility index (Phi) is 8.61. The quantitative estimate of drug-likeness (QED) is 0.614. The fraction of sp³-hybridized carbons (Fsp3) is 0.692. The van der Waals surface area contributed by atoms with Crippen LogP contribution in [0.2, 0.25) is 0 Å². The van der Waals surface area contributed by atoms with Crippen molar-refractivity contribution in [3.63, 3.8) is 0 Å². The molecule has 6 heteroatoms. The molecular formula is C13H25N3O3. The van der Waals surface area contributed by atoms with E-state index in [-0.39, 0.29) is 25.2 Å². The smallest absolute Gasteiger partial charge is 0.323 e. The molecule has 0 aliphatic rings. The van der Waals surface area contributed by atoms with E-state index in [0.717, 1.165) is 19.6 Å². The minimum atomic E-state index is -1.03. The van der Waals surface area contributed by atoms with Gasteiger partial charge in [-0.1, -0.05) is 19.9 Å². The molecule has 110 valence electrons. The highest BCUT2D eigenvalue weighted by Gasteiger charge is 2.17. The SMILES string of the molecule is C=CCN(CC(=O)O)C(=O)NC(C)CN(CC)CC. The van der Waals surface area contributed by atoms with Crippen molar-refractivity contribution in [2.24, 2.45) is 0 Å². The lowest BCUT2D eigenvalue weighted by molar-refractivity contribution is -0.137. The Morgan fingerprint density at radius 1 is 1.37 bits per heavy atom. The second-order valence-corrected chi connectivity index (χ2v) is 4.40. The number of carbonyl (C=O) groups excluding carboxylic acids is 1. The van der Waals surface area contributed by atoms with Crippen LogP contribution in [0.1, 0.15) is 20.8 Å². The van der Waals surface area contributed by atoms with E-state index in [1.165, 1.54) is 11.0 Å². The molecule has 0 aromatic carbocycles. The van der Waals surface area contributed by atoms with Gasteiger partial charge in [-0.2, -0.15) is 0 Å². The van der Waals surface area contributed by atoms with Gasteiger partial charge in [-0.05, 0) is 20.0 Å². The monoisotopic (exact) mass is 271 g/mol. The zero-order chi connectivity index (χ0) is 14.8. The summed E-state index contributed by atoms with van der Waals surface area (Å²) in [5.41, 5.74) is 0. The van der Waals surface area contributed by atoms with Crippen LogP contribution in [0.25, 0.3) is 0 Å². The molecule has 0 rings (SSSR count). The zero-order valence-corrected chi connectivity index (χ0v) is 12.1. The predicted molar refractivity (Wildman–Crippen MR) is 75.2 cm³/mol. The molecule has 0 fully saturated rings. The number of amides is 2. The van der Waals surface area contributed by atoms with Gasteiger partial charge < -0.3 is 20.2 Å². The summed E-state index contributed by atoms with van der Waals surface area (Å²) in [5.74, 6) is -1.03. The molecule has 0 bridgehead atoms. The number of nitrogens with zero attached hydrogens (tertiary/aromatic N) is 2. The van der Waals surface area contributed by atoms with E-state index in [9.17, 15) is 9.59 Å². The number of rotatable bonds is 9. The van der Waals surface area contributed by atoms with Crippen LogP contribution in [0.3, 0.4) is 0 Å². The van der Waals surface area contributed by atoms with Crippen molar-refractivity contribution in [3.05, 3.63) is 12.7 Å². The van der Waals surface area contributed by atoms with Gasteiger partial charge >= 0.3 is 12.0 Å². The van der Waals surface area contributed by atoms with E-state index < -0.39 is 5.97 Å². The van der Waals surface area contributed by atoms with Crippen molar-refractivity contribution in [1.82, 2.24) is 15.1 Å². The first kappa shape index (κ1) is 17.4. The van der Waals surface area contributed by atoms with E-state index in [1.54, 1.807) is 0 Å². The number of hydrogen-bond donors (Lipinski definition) is 2. The summed E-state index contributed by atoms with van der Waals surface area (Å²) >= 11 is 0. The van der Waals surface area contributed by atoms with Crippen LogP contribution in [0, 0.1) is 0 Å². The van der Waals surface area contributed by atoms with Gasteiger partial charge in [0.15, 0.2) is 0 Å². The van der Waals surface area contributed by atoms with Crippen LogP contribution >= 0.6 is 0 Å². The molecule has 0 aromatic heterocycles. The lowest BCUT2D eigenvalue weighted by atomic mass is 10.3. The third-order valence-corrected chi connectivity index (χ3v) is 2.76. The fourth-order valence-electron chi connectivity index (χ4n) is 1.76. The van der Waals surface area contributed by atoms with Crippen molar-refractivity contribution < 1.29 is 14.7 Å². The maximum atomic E-state index is 11.9. The molecule has 0 saturated carbocycles. The van der Waals surface area contributed by atoms with Gasteiger partial charge in [0.05, 0.1) is 0 Å². The number of carboxylic acid groups (broad SMARTS) is 1. The molecule has 0 heterocycles. The van der Waals surface area contributed by atoms with Gasteiger partial charge in [0.25, 0.3) is 0 Å². The fourth-order valence-corrected chi connectivity index (χ4v) is 1.76. The highest BCUT2D eigenvalue weighted by molar-refractivity contribution is 5.80. The average Bonchev–Trinajstić information content (AvgIpc) is 2.34. The van der Waals surface area contributed by atoms with E-state index in [1.807, 2.05) is 6.92 Å². The lowest BCUT2D eigenvalue weighted by Gasteiger charge is -2.26. The Balaban J connectivity index is 4.36. The minimum absolute atomic E-state index is 0.0338. The third kappa shape index (κ3) is 7.46. The molecule has 2 N–H and O–H groups in total. The number of likely N-dealkylation sites (N-methyl/N-ethyl adjacent to an activating group) is 1. The van der Waals surface area contributed by atoms with E-state index in [4.69, 9.17) is 5.11 Å². The van der Waals surface area contributed by atoms with Gasteiger partial charge in [-0.25, -0.2) is 4.79 Å². The Morgan fingerprint density at radius 3 is 2.37 bits per heavy atom. The summed E-state index contributed by atoms with van der Waals surface area (Å²) in [7, 11) is 0. The standard InChI is InChI=1S/C13H25N3O3/c1-5-8-16(10-12(17)18)13(19)14-11(4)9-15(6-2)7-3/h5,11H,1,6-10H2,2-4H3,(H,14,19)(H,17,18). The zero-order valence-electron chi connectivity index (χ0n) is 12.1. The Bertz CT molecular complexity index is 304. The summed E-state index contributed by atoms with van der Waals surface area (Å²) in [4.78, 5) is 26.0. The van der Waals surface area contributed by atoms with Crippen molar-refractivity contribution in [3.8, 4) is 0 Å². The summed E-state index contributed by atoms with van der Waals surface area (Å²) in [6.45, 7) is 12.0. The Morgan fingerprint density at radius 2 is 1.95 bits per heavy atom. The largest absolute Gasteiger partial charge is 0.480 e. The molecule has 6 nitrogen and oxygen atoms in total. The van der Waals surface area contributed by atoms with E-state index >= 15 is 0 Å². The van der Waals surface area contributed by atoms with Crippen LogP contribution in [0.15, 0.2) is 12.7 Å². The van der Waals surface area contributed by atoms with E-state index in [2.05, 4.69) is 30.6 Å². The minimum Gasteiger partial charge on any atom is -0.480 e. The molecule has 0 spiro atoms. The third-order valence-electron chi connectivity index (χ3n) is 2.76. The molecule has 1 atom stereocenters. The Hall–Kier alpha value is -1.56. The molecule has 0 aliphatic carbocycles. The molecule has 0 aliphatic heterocycles. The second kappa shape index (κ2) is 9.38. The first-order valence-electron chi connectivity index (χ1n) is 6.55. The lowest BCUT2D eigenvalue weighted by Crippen LogP contribution is -2.49. The Labute approximate surface area is 115 Å². The maximum Gasteiger partial charge on any atom is 0.323 e. The summed E-state index contributed by atoms with van der Waals surface area (Å²) in [6.07, 6.45) is 1.51. The van der Waals surface area contributed by atoms with Gasteiger partial charge in [0.2, 0.25) is 0 Å². The van der Waals surface area contributed by atoms with Crippen molar-refractivity contribution in [2.75, 3.05) is 32.7 Å². The van der Waals surface area contributed by atoms with Crippen molar-refractivity contribution in [2.45, 2.75) is 26.8 Å². The predicted octanol–water partition coefficient (Wildman–Crippen LogP) is 0.999. The first-order valence-corrected chi connectivity index (χ1v) is 6.55. The number of aliphatic carboxylic acids is 1. The average molecular weight is 271 g/mol. The topological polar surface area (TPSA) is 72.9 Å². The molecule has 1 unspecified atom stereocenters. The van der Waals surface area contributed by atoms with Crippen LogP contribution in [-0.4, -0.2) is 65.7 Å². The normalized spacial score (nSPS) is 12.0. The summed E-state index contributed by atoms with van der Waals surface area (Å²) < 4.78 is 0. The molecule has 2 amide bonds. The van der Waals surface area contributed by atoms with Crippen LogP contribution in [0.4, 0.5) is 4.79 Å². The van der Waals surface area contributed by atoms with Crippen molar-refractivity contribution in [1.29, 1.82) is 0 Å². The van der Waals surface area contributed by atoms with Crippen LogP contribution < -0.4 is 5.32 Å². The molecular weight excluding hydrogens is 246 g/mol. The van der Waals surface area contributed by atoms with Gasteiger partial charge in [-0.3, -0.25) is 4.79 Å². The van der Waals surface area contributed by atoms with Gasteiger partial charge in [0, 0.05) is 19.1 Å². The summed E-state index contributed by atoms with van der Waals surface area (Å²) in [6, 6.07) is -0.407. The number of hydrogen-bond acceptors (Lipinski definition) is 3. The van der Waals surface area contributed by atoms with Crippen LogP contribution in [0.5, 0.6) is 0 Å². The summed E-state index contributed by atoms with van der Waals surface area (Å²) in [5, 5.41) is 11.6. The molecule has 0 aromatic rings. The van der Waals surface area contributed by atoms with Gasteiger partial charge in [0.1, 0.15) is 6.54 Å². The second-order valence-electron chi connectivity index (χ2n) is 4.40. The van der Waals surface area contributed by atoms with E-state index in [0.29, 0.717) is 0 Å². The highest BCUT2D eigenvalue weighted by Crippen LogP contribution is 1.96. The van der Waals surface area contributed by atoms with Crippen molar-refractivity contribution >= 4 is 12.0 Å². The number of carboxylic acids is 1. The highest BCUT2D eigenvalue weighted by atomic mass is 16.4. The first-order chi connectivity index (χ1) is 8.94. The maximum absolute atomic E-state index is 11.9. The number of urea groups is 1. The molecule has 19 heavy (non-hydrogen) atoms. The number of carbonyl (C=O) groups is 2. The van der Waals surface area contributed by atoms with Gasteiger partial charge in [-0.15, -0.1) is 6.58 Å².